The molecule has 2 heterocycles. The molecule has 0 unspecified atom stereocenters. The van der Waals surface area contributed by atoms with Gasteiger partial charge in [-0.2, -0.15) is 0 Å². The summed E-state index contributed by atoms with van der Waals surface area (Å²) in [5.74, 6) is 0. The summed E-state index contributed by atoms with van der Waals surface area (Å²) >= 11 is 15.4. The maximum absolute atomic E-state index is 6.01. The number of halogens is 3. The van der Waals surface area contributed by atoms with E-state index in [0.29, 0.717) is 0 Å². The van der Waals surface area contributed by atoms with Crippen LogP contribution >= 0.6 is 39.1 Å². The molecule has 2 aromatic heterocycles. The smallest absolute Gasteiger partial charge is 0.0717 e. The van der Waals surface area contributed by atoms with Crippen molar-refractivity contribution in [3.05, 3.63) is 87.6 Å². The third kappa shape index (κ3) is 4.18. The van der Waals surface area contributed by atoms with Crippen LogP contribution in [0.4, 0.5) is 0 Å². The van der Waals surface area contributed by atoms with E-state index in [1.54, 1.807) is 30.6 Å². The molecule has 0 atom stereocenters. The van der Waals surface area contributed by atoms with Crippen LogP contribution in [-0.2, 0) is 0 Å². The fraction of sp³-hybridized carbons (Fsp3) is 0. The molecule has 0 aliphatic carbocycles. The Hall–Kier alpha value is -1.94. The van der Waals surface area contributed by atoms with Gasteiger partial charge in [-0.05, 0) is 48.0 Å². The Balaban J connectivity index is 0.000000146. The lowest BCUT2D eigenvalue weighted by atomic mass is 10.1. The Bertz CT molecular complexity index is 1060. The first-order valence-electron chi connectivity index (χ1n) is 7.45. The van der Waals surface area contributed by atoms with Gasteiger partial charge in [-0.25, -0.2) is 0 Å². The molecule has 0 N–H and O–H groups in total. The average molecular weight is 432 g/mol. The Labute approximate surface area is 164 Å². The van der Waals surface area contributed by atoms with E-state index in [1.807, 2.05) is 36.4 Å². The summed E-state index contributed by atoms with van der Waals surface area (Å²) in [7, 11) is 0. The minimum absolute atomic E-state index is 0.730. The van der Waals surface area contributed by atoms with Crippen LogP contribution in [0.1, 0.15) is 5.56 Å². The summed E-state index contributed by atoms with van der Waals surface area (Å²) in [6.07, 6.45) is 5.21. The number of hydrogen-bond acceptors (Lipinski definition) is 2. The van der Waals surface area contributed by atoms with Gasteiger partial charge in [-0.3, -0.25) is 9.97 Å². The maximum Gasteiger partial charge on any atom is 0.0717 e. The van der Waals surface area contributed by atoms with Crippen molar-refractivity contribution in [3.63, 3.8) is 0 Å². The summed E-state index contributed by atoms with van der Waals surface area (Å²) in [5.41, 5.74) is 2.89. The average Bonchev–Trinajstić information content (AvgIpc) is 2.63. The third-order valence-electron chi connectivity index (χ3n) is 3.60. The highest BCUT2D eigenvalue weighted by atomic mass is 79.9. The van der Waals surface area contributed by atoms with E-state index in [0.717, 1.165) is 41.9 Å². The SMILES string of the molecule is C=Cc1ccc2nccc(Cl)c2c1.Clc1ccnc2ccc(Br)cc12. The first-order chi connectivity index (χ1) is 12.1. The van der Waals surface area contributed by atoms with Gasteiger partial charge in [0, 0.05) is 27.6 Å². The van der Waals surface area contributed by atoms with Gasteiger partial charge < -0.3 is 0 Å². The van der Waals surface area contributed by atoms with Crippen molar-refractivity contribution < 1.29 is 0 Å². The summed E-state index contributed by atoms with van der Waals surface area (Å²) in [6, 6.07) is 15.3. The van der Waals surface area contributed by atoms with Gasteiger partial charge in [0.25, 0.3) is 0 Å². The number of rotatable bonds is 1. The van der Waals surface area contributed by atoms with Gasteiger partial charge in [0.1, 0.15) is 0 Å². The highest BCUT2D eigenvalue weighted by Crippen LogP contribution is 2.24. The normalized spacial score (nSPS) is 10.4. The minimum atomic E-state index is 0.730. The summed E-state index contributed by atoms with van der Waals surface area (Å²) in [4.78, 5) is 8.38. The monoisotopic (exact) mass is 430 g/mol. The number of pyridine rings is 2. The van der Waals surface area contributed by atoms with Crippen LogP contribution < -0.4 is 0 Å². The molecule has 4 aromatic rings. The second kappa shape index (κ2) is 7.96. The molecule has 2 nitrogen and oxygen atoms in total. The van der Waals surface area contributed by atoms with Crippen LogP contribution in [0, 0.1) is 0 Å². The number of benzene rings is 2. The van der Waals surface area contributed by atoms with E-state index in [2.05, 4.69) is 32.5 Å². The molecule has 0 saturated carbocycles. The summed E-state index contributed by atoms with van der Waals surface area (Å²) in [6.45, 7) is 3.70. The predicted molar refractivity (Wildman–Crippen MR) is 111 cm³/mol. The van der Waals surface area contributed by atoms with Crippen molar-refractivity contribution in [2.24, 2.45) is 0 Å². The van der Waals surface area contributed by atoms with Gasteiger partial charge >= 0.3 is 0 Å². The van der Waals surface area contributed by atoms with Gasteiger partial charge in [-0.15, -0.1) is 0 Å². The summed E-state index contributed by atoms with van der Waals surface area (Å²) < 4.78 is 1.02. The van der Waals surface area contributed by atoms with E-state index in [-0.39, 0.29) is 0 Å². The van der Waals surface area contributed by atoms with Crippen molar-refractivity contribution >= 4 is 67.0 Å². The quantitative estimate of drug-likeness (QED) is 0.319. The molecule has 5 heteroatoms. The molecule has 0 aliphatic rings. The van der Waals surface area contributed by atoms with Gasteiger partial charge in [0.2, 0.25) is 0 Å². The first kappa shape index (κ1) is 17.9. The topological polar surface area (TPSA) is 25.8 Å². The molecule has 0 saturated heterocycles. The second-order valence-corrected chi connectivity index (χ2v) is 6.96. The lowest BCUT2D eigenvalue weighted by Crippen LogP contribution is -1.80. The van der Waals surface area contributed by atoms with Crippen LogP contribution in [0.2, 0.25) is 10.0 Å². The third-order valence-corrected chi connectivity index (χ3v) is 4.75. The van der Waals surface area contributed by atoms with Crippen molar-refractivity contribution in [1.29, 1.82) is 0 Å². The molecule has 124 valence electrons. The molecule has 4 rings (SSSR count). The zero-order valence-corrected chi connectivity index (χ0v) is 16.2. The molecule has 0 fully saturated rings. The fourth-order valence-electron chi connectivity index (χ4n) is 2.34. The molecular formula is C20H13BrCl2N2. The molecule has 0 aliphatic heterocycles. The van der Waals surface area contributed by atoms with Crippen molar-refractivity contribution in [2.75, 3.05) is 0 Å². The number of fused-ring (bicyclic) bond motifs is 2. The Kier molecular flexibility index (Phi) is 5.69. The molecule has 0 radical (unpaired) electrons. The molecule has 25 heavy (non-hydrogen) atoms. The van der Waals surface area contributed by atoms with Crippen LogP contribution in [0.15, 0.2) is 72.0 Å². The standard InChI is InChI=1S/C11H8ClN.C9H5BrClN/c1-2-8-3-4-11-9(7-8)10(12)5-6-13-11;10-6-1-2-9-7(5-6)8(11)3-4-12-9/h2-7H,1H2;1-5H. The minimum Gasteiger partial charge on any atom is -0.256 e. The van der Waals surface area contributed by atoms with E-state index >= 15 is 0 Å². The Morgan fingerprint density at radius 2 is 1.36 bits per heavy atom. The molecule has 0 amide bonds. The van der Waals surface area contributed by atoms with Gasteiger partial charge in [-0.1, -0.05) is 57.9 Å². The Morgan fingerprint density at radius 3 is 1.96 bits per heavy atom. The predicted octanol–water partition coefficient (Wildman–Crippen LogP) is 7.18. The molecule has 2 aromatic carbocycles. The van der Waals surface area contributed by atoms with Crippen LogP contribution in [0.5, 0.6) is 0 Å². The van der Waals surface area contributed by atoms with Crippen LogP contribution in [0.25, 0.3) is 27.9 Å². The van der Waals surface area contributed by atoms with Crippen LogP contribution in [-0.4, -0.2) is 9.97 Å². The first-order valence-corrected chi connectivity index (χ1v) is 9.00. The van der Waals surface area contributed by atoms with Gasteiger partial charge in [0.05, 0.1) is 21.1 Å². The van der Waals surface area contributed by atoms with Crippen molar-refractivity contribution in [3.8, 4) is 0 Å². The molecule has 0 spiro atoms. The number of aromatic nitrogens is 2. The zero-order chi connectivity index (χ0) is 17.8. The van der Waals surface area contributed by atoms with E-state index in [1.165, 1.54) is 0 Å². The summed E-state index contributed by atoms with van der Waals surface area (Å²) in [5, 5.41) is 3.42. The van der Waals surface area contributed by atoms with Crippen molar-refractivity contribution in [1.82, 2.24) is 9.97 Å². The van der Waals surface area contributed by atoms with Gasteiger partial charge in [0.15, 0.2) is 0 Å². The zero-order valence-electron chi connectivity index (χ0n) is 13.1. The van der Waals surface area contributed by atoms with Crippen LogP contribution in [0.3, 0.4) is 0 Å². The number of hydrogen-bond donors (Lipinski definition) is 0. The largest absolute Gasteiger partial charge is 0.256 e. The van der Waals surface area contributed by atoms with Crippen molar-refractivity contribution in [2.45, 2.75) is 0 Å². The fourth-order valence-corrected chi connectivity index (χ4v) is 3.12. The van der Waals surface area contributed by atoms with E-state index in [9.17, 15) is 0 Å². The highest BCUT2D eigenvalue weighted by molar-refractivity contribution is 9.10. The lowest BCUT2D eigenvalue weighted by molar-refractivity contribution is 1.41. The Morgan fingerprint density at radius 1 is 0.800 bits per heavy atom. The number of nitrogens with zero attached hydrogens (tertiary/aromatic N) is 2. The second-order valence-electron chi connectivity index (χ2n) is 5.23. The molecule has 0 bridgehead atoms. The van der Waals surface area contributed by atoms with E-state index in [4.69, 9.17) is 23.2 Å². The lowest BCUT2D eigenvalue weighted by Gasteiger charge is -2.00. The maximum atomic E-state index is 6.01. The highest BCUT2D eigenvalue weighted by Gasteiger charge is 1.99. The van der Waals surface area contributed by atoms with E-state index < -0.39 is 0 Å². The molecular weight excluding hydrogens is 419 g/mol.